The number of quaternary nitrogens is 1. The van der Waals surface area contributed by atoms with Crippen molar-refractivity contribution in [2.24, 2.45) is 0 Å². The average Bonchev–Trinajstić information content (AvgIpc) is 3.33. The van der Waals surface area contributed by atoms with Crippen LogP contribution < -0.4 is 10.6 Å². The van der Waals surface area contributed by atoms with E-state index in [4.69, 9.17) is 4.74 Å². The number of anilines is 2. The Kier molecular flexibility index (Phi) is 10.3. The molecule has 250 valence electrons. The van der Waals surface area contributed by atoms with Crippen molar-refractivity contribution in [2.45, 2.75) is 44.9 Å². The molecule has 2 heterocycles. The molecule has 0 spiro atoms. The van der Waals surface area contributed by atoms with E-state index in [2.05, 4.69) is 26.2 Å². The normalized spacial score (nSPS) is 14.9. The van der Waals surface area contributed by atoms with Crippen LogP contribution in [0, 0.1) is 11.3 Å². The predicted octanol–water partition coefficient (Wildman–Crippen LogP) is 4.46. The highest BCUT2D eigenvalue weighted by molar-refractivity contribution is 5.93. The number of esters is 1. The number of amides is 1. The van der Waals surface area contributed by atoms with Crippen LogP contribution in [0.1, 0.15) is 48.9 Å². The molecule has 0 radical (unpaired) electrons. The Morgan fingerprint density at radius 3 is 2.36 bits per heavy atom. The summed E-state index contributed by atoms with van der Waals surface area (Å²) in [5, 5.41) is 13.8. The summed E-state index contributed by atoms with van der Waals surface area (Å²) < 4.78 is 49.3. The summed E-state index contributed by atoms with van der Waals surface area (Å²) in [4.78, 5) is 43.5. The van der Waals surface area contributed by atoms with E-state index in [1.807, 2.05) is 6.07 Å². The van der Waals surface area contributed by atoms with Gasteiger partial charge in [-0.25, -0.2) is 18.8 Å². The van der Waals surface area contributed by atoms with Crippen molar-refractivity contribution in [1.82, 2.24) is 19.2 Å². The van der Waals surface area contributed by atoms with Gasteiger partial charge in [-0.1, -0.05) is 18.2 Å². The van der Waals surface area contributed by atoms with Crippen molar-refractivity contribution < 1.29 is 32.0 Å². The number of methoxy groups -OCH3 is 1. The minimum Gasteiger partial charge on any atom is -0.466 e. The molecule has 0 fully saturated rings. The predicted molar refractivity (Wildman–Crippen MR) is 168 cm³/mol. The fourth-order valence-corrected chi connectivity index (χ4v) is 5.53. The highest BCUT2D eigenvalue weighted by atomic mass is 19.4. The van der Waals surface area contributed by atoms with Crippen LogP contribution in [-0.2, 0) is 27.0 Å². The highest BCUT2D eigenvalue weighted by Crippen LogP contribution is 2.43. The number of hydrogen-bond acceptors (Lipinski definition) is 7. The first kappa shape index (κ1) is 35.0. The van der Waals surface area contributed by atoms with Crippen molar-refractivity contribution in [3.05, 3.63) is 87.0 Å². The number of benzene rings is 2. The topological polar surface area (TPSA) is 113 Å². The average molecular weight is 655 g/mol. The summed E-state index contributed by atoms with van der Waals surface area (Å²) in [6, 6.07) is 11.5. The van der Waals surface area contributed by atoms with Crippen LogP contribution in [0.3, 0.4) is 0 Å². The molecular formula is C33H39F3N7O4+. The zero-order chi connectivity index (χ0) is 34.7. The van der Waals surface area contributed by atoms with Crippen LogP contribution in [0.15, 0.2) is 64.6 Å². The van der Waals surface area contributed by atoms with Gasteiger partial charge in [-0.15, -0.1) is 5.10 Å². The van der Waals surface area contributed by atoms with E-state index in [0.29, 0.717) is 17.7 Å². The summed E-state index contributed by atoms with van der Waals surface area (Å²) in [5.41, 5.74) is -0.799. The van der Waals surface area contributed by atoms with Crippen LogP contribution >= 0.6 is 0 Å². The molecule has 0 aliphatic carbocycles. The molecule has 1 aromatic heterocycles. The molecule has 1 aliphatic heterocycles. The van der Waals surface area contributed by atoms with Crippen LogP contribution in [0.2, 0.25) is 0 Å². The lowest BCUT2D eigenvalue weighted by Crippen LogP contribution is -2.39. The highest BCUT2D eigenvalue weighted by Gasteiger charge is 2.41. The van der Waals surface area contributed by atoms with Crippen molar-refractivity contribution in [3.63, 3.8) is 0 Å². The fraction of sp³-hybridized carbons (Fsp3) is 0.424. The van der Waals surface area contributed by atoms with E-state index in [1.54, 1.807) is 19.2 Å². The minimum atomic E-state index is -4.67. The lowest BCUT2D eigenvalue weighted by molar-refractivity contribution is -0.870. The van der Waals surface area contributed by atoms with E-state index < -0.39 is 36.0 Å². The summed E-state index contributed by atoms with van der Waals surface area (Å²) >= 11 is 0. The van der Waals surface area contributed by atoms with Gasteiger partial charge in [0.15, 0.2) is 0 Å². The molecule has 2 aromatic carbocycles. The number of halogens is 3. The van der Waals surface area contributed by atoms with Crippen LogP contribution in [0.25, 0.3) is 0 Å². The van der Waals surface area contributed by atoms with Crippen LogP contribution in [0.5, 0.6) is 0 Å². The van der Waals surface area contributed by atoms with E-state index in [-0.39, 0.29) is 28.8 Å². The largest absolute Gasteiger partial charge is 0.466 e. The van der Waals surface area contributed by atoms with Gasteiger partial charge in [-0.05, 0) is 62.1 Å². The lowest BCUT2D eigenvalue weighted by atomic mass is 9.93. The third-order valence-corrected chi connectivity index (χ3v) is 8.04. The number of nitriles is 1. The number of allylic oxidation sites excluding steroid dienone is 1. The number of carbonyl (C=O) groups is 2. The van der Waals surface area contributed by atoms with Gasteiger partial charge >= 0.3 is 17.8 Å². The second-order valence-corrected chi connectivity index (χ2v) is 12.5. The fourth-order valence-electron chi connectivity index (χ4n) is 5.53. The van der Waals surface area contributed by atoms with Crippen molar-refractivity contribution in [3.8, 4) is 6.07 Å². The molecule has 11 nitrogen and oxygen atoms in total. The smallest absolute Gasteiger partial charge is 0.416 e. The molecule has 0 N–H and O–H groups in total. The quantitative estimate of drug-likeness (QED) is 0.171. The maximum atomic E-state index is 14.1. The summed E-state index contributed by atoms with van der Waals surface area (Å²) in [5.74, 6) is -1.29. The Morgan fingerprint density at radius 2 is 1.77 bits per heavy atom. The van der Waals surface area contributed by atoms with Crippen LogP contribution in [-0.4, -0.2) is 84.0 Å². The van der Waals surface area contributed by atoms with E-state index in [1.165, 1.54) is 45.6 Å². The Labute approximate surface area is 271 Å². The molecule has 1 unspecified atom stereocenters. The lowest BCUT2D eigenvalue weighted by Gasteiger charge is -2.35. The SMILES string of the molecule is COC(=O)C1=C(C)N(c2cccc(C(F)(F)F)c2)c2nn(CC(=O)N(C)CCCCC[N+](C)(C)C)c(=O)n2C1c1ccc(C#N)cc1. The maximum Gasteiger partial charge on any atom is 0.416 e. The van der Waals surface area contributed by atoms with Gasteiger partial charge in [-0.2, -0.15) is 18.4 Å². The van der Waals surface area contributed by atoms with Crippen molar-refractivity contribution in [2.75, 3.05) is 53.3 Å². The monoisotopic (exact) mass is 654 g/mol. The van der Waals surface area contributed by atoms with Gasteiger partial charge in [0.1, 0.15) is 12.6 Å². The molecule has 0 bridgehead atoms. The molecule has 0 saturated heterocycles. The molecular weight excluding hydrogens is 615 g/mol. The molecule has 3 aromatic rings. The number of unbranched alkanes of at least 4 members (excludes halogenated alkanes) is 2. The molecule has 1 aliphatic rings. The second kappa shape index (κ2) is 13.8. The number of aromatic nitrogens is 3. The Hall–Kier alpha value is -4.90. The molecule has 1 amide bonds. The first-order chi connectivity index (χ1) is 22.1. The zero-order valence-electron chi connectivity index (χ0n) is 27.3. The third-order valence-electron chi connectivity index (χ3n) is 8.04. The van der Waals surface area contributed by atoms with E-state index in [0.717, 1.165) is 54.2 Å². The standard InChI is InChI=1S/C33H39F3N7O4/c1-22-28(30(45)47-6)29(24-15-13-23(20-37)14-16-24)42-31(41(22)26-12-10-11-25(19-26)33(34,35)36)38-40(32(42)46)21-27(44)39(2)17-8-7-9-18-43(3,4)5/h10-16,19,29H,7-9,17-18,21H2,1-6H3/q+1. The first-order valence-corrected chi connectivity index (χ1v) is 15.1. The Morgan fingerprint density at radius 1 is 1.09 bits per heavy atom. The van der Waals surface area contributed by atoms with Crippen molar-refractivity contribution >= 4 is 23.5 Å². The van der Waals surface area contributed by atoms with Gasteiger partial charge in [0.25, 0.3) is 0 Å². The van der Waals surface area contributed by atoms with Crippen molar-refractivity contribution in [1.29, 1.82) is 5.26 Å². The third kappa shape index (κ3) is 7.74. The number of likely N-dealkylation sites (N-methyl/N-ethyl adjacent to an activating group) is 1. The number of carbonyl (C=O) groups excluding carboxylic acids is 2. The maximum absolute atomic E-state index is 14.1. The van der Waals surface area contributed by atoms with Gasteiger partial charge in [0.2, 0.25) is 11.9 Å². The number of nitrogens with zero attached hydrogens (tertiary/aromatic N) is 7. The van der Waals surface area contributed by atoms with Gasteiger partial charge in [0.05, 0.1) is 57.6 Å². The molecule has 4 rings (SSSR count). The summed E-state index contributed by atoms with van der Waals surface area (Å²) in [6.45, 7) is 2.55. The molecule has 47 heavy (non-hydrogen) atoms. The zero-order valence-corrected chi connectivity index (χ0v) is 27.3. The molecule has 1 atom stereocenters. The molecule has 14 heteroatoms. The molecule has 0 saturated carbocycles. The van der Waals surface area contributed by atoms with Gasteiger partial charge in [0, 0.05) is 25.0 Å². The first-order valence-electron chi connectivity index (χ1n) is 15.1. The van der Waals surface area contributed by atoms with Gasteiger partial charge in [-0.3, -0.25) is 9.69 Å². The Bertz CT molecular complexity index is 1760. The summed E-state index contributed by atoms with van der Waals surface area (Å²) in [6.07, 6.45) is -1.98. The number of alkyl halides is 3. The van der Waals surface area contributed by atoms with E-state index in [9.17, 15) is 32.8 Å². The van der Waals surface area contributed by atoms with E-state index >= 15 is 0 Å². The number of fused-ring (bicyclic) bond motifs is 1. The number of ether oxygens (including phenoxy) is 1. The van der Waals surface area contributed by atoms with Gasteiger partial charge < -0.3 is 14.1 Å². The number of hydrogen-bond donors (Lipinski definition) is 0. The van der Waals surface area contributed by atoms with Crippen LogP contribution in [0.4, 0.5) is 24.8 Å². The summed E-state index contributed by atoms with van der Waals surface area (Å²) in [7, 11) is 9.14. The number of rotatable bonds is 11. The second-order valence-electron chi connectivity index (χ2n) is 12.5. The Balaban J connectivity index is 1.80. The minimum absolute atomic E-state index is 0.00673.